The van der Waals surface area contributed by atoms with E-state index in [9.17, 15) is 0 Å². The SMILES string of the molecule is COc1ccc(CCN2CCN(c3ccccn3)C(C)C2)cc1OC.Cl. The molecule has 2 heterocycles. The number of methoxy groups -OCH3 is 2. The minimum Gasteiger partial charge on any atom is -0.493 e. The van der Waals surface area contributed by atoms with E-state index in [4.69, 9.17) is 9.47 Å². The number of nitrogens with zero attached hydrogens (tertiary/aromatic N) is 3. The molecule has 5 nitrogen and oxygen atoms in total. The molecule has 0 saturated carbocycles. The smallest absolute Gasteiger partial charge is 0.160 e. The van der Waals surface area contributed by atoms with Crippen LogP contribution in [0.15, 0.2) is 42.6 Å². The first-order chi connectivity index (χ1) is 12.2. The molecule has 0 amide bonds. The molecular weight excluding hydrogens is 350 g/mol. The van der Waals surface area contributed by atoms with E-state index in [0.717, 1.165) is 49.9 Å². The Labute approximate surface area is 162 Å². The van der Waals surface area contributed by atoms with Gasteiger partial charge in [0, 0.05) is 38.4 Å². The Morgan fingerprint density at radius 2 is 1.88 bits per heavy atom. The van der Waals surface area contributed by atoms with Crippen LogP contribution in [-0.4, -0.2) is 56.3 Å². The number of aromatic nitrogens is 1. The van der Waals surface area contributed by atoms with Gasteiger partial charge in [-0.2, -0.15) is 0 Å². The van der Waals surface area contributed by atoms with Crippen LogP contribution in [0.3, 0.4) is 0 Å². The van der Waals surface area contributed by atoms with E-state index in [-0.39, 0.29) is 12.4 Å². The number of piperazine rings is 1. The topological polar surface area (TPSA) is 37.8 Å². The maximum atomic E-state index is 5.40. The Kier molecular flexibility index (Phi) is 7.54. The summed E-state index contributed by atoms with van der Waals surface area (Å²) >= 11 is 0. The third-order valence-electron chi connectivity index (χ3n) is 4.82. The summed E-state index contributed by atoms with van der Waals surface area (Å²) in [6.07, 6.45) is 2.88. The highest BCUT2D eigenvalue weighted by molar-refractivity contribution is 5.85. The lowest BCUT2D eigenvalue weighted by molar-refractivity contribution is 0.230. The van der Waals surface area contributed by atoms with Crippen molar-refractivity contribution in [2.45, 2.75) is 19.4 Å². The summed E-state index contributed by atoms with van der Waals surface area (Å²) in [4.78, 5) is 9.41. The zero-order chi connectivity index (χ0) is 17.6. The van der Waals surface area contributed by atoms with E-state index in [1.165, 1.54) is 5.56 Å². The number of hydrogen-bond donors (Lipinski definition) is 0. The third-order valence-corrected chi connectivity index (χ3v) is 4.82. The van der Waals surface area contributed by atoms with Crippen LogP contribution in [0.2, 0.25) is 0 Å². The second kappa shape index (κ2) is 9.64. The van der Waals surface area contributed by atoms with Crippen LogP contribution >= 0.6 is 12.4 Å². The van der Waals surface area contributed by atoms with Crippen LogP contribution in [-0.2, 0) is 6.42 Å². The van der Waals surface area contributed by atoms with Gasteiger partial charge in [-0.05, 0) is 43.2 Å². The van der Waals surface area contributed by atoms with Crippen molar-refractivity contribution >= 4 is 18.2 Å². The highest BCUT2D eigenvalue weighted by Gasteiger charge is 2.24. The van der Waals surface area contributed by atoms with Crippen molar-refractivity contribution in [3.05, 3.63) is 48.2 Å². The molecule has 26 heavy (non-hydrogen) atoms. The molecule has 2 aromatic rings. The van der Waals surface area contributed by atoms with Crippen molar-refractivity contribution in [3.63, 3.8) is 0 Å². The van der Waals surface area contributed by atoms with E-state index >= 15 is 0 Å². The lowest BCUT2D eigenvalue weighted by atomic mass is 10.1. The summed E-state index contributed by atoms with van der Waals surface area (Å²) in [5.41, 5.74) is 1.28. The van der Waals surface area contributed by atoms with Gasteiger partial charge in [0.15, 0.2) is 11.5 Å². The molecule has 0 radical (unpaired) electrons. The van der Waals surface area contributed by atoms with Crippen LogP contribution in [0.25, 0.3) is 0 Å². The summed E-state index contributed by atoms with van der Waals surface area (Å²) in [6.45, 7) is 6.47. The second-order valence-electron chi connectivity index (χ2n) is 6.47. The fraction of sp³-hybridized carbons (Fsp3) is 0.450. The second-order valence-corrected chi connectivity index (χ2v) is 6.47. The highest BCUT2D eigenvalue weighted by atomic mass is 35.5. The van der Waals surface area contributed by atoms with E-state index in [1.54, 1.807) is 14.2 Å². The standard InChI is InChI=1S/C20H27N3O2.ClH/c1-16-15-22(12-13-23(16)20-6-4-5-10-21-20)11-9-17-7-8-18(24-2)19(14-17)25-3;/h4-8,10,14,16H,9,11-13,15H2,1-3H3;1H. The molecule has 3 rings (SSSR count). The molecule has 0 spiro atoms. The lowest BCUT2D eigenvalue weighted by Gasteiger charge is -2.40. The summed E-state index contributed by atoms with van der Waals surface area (Å²) in [7, 11) is 3.35. The summed E-state index contributed by atoms with van der Waals surface area (Å²) in [5.74, 6) is 2.66. The molecule has 1 saturated heterocycles. The fourth-order valence-corrected chi connectivity index (χ4v) is 3.42. The van der Waals surface area contributed by atoms with Crippen molar-refractivity contribution in [1.29, 1.82) is 0 Å². The van der Waals surface area contributed by atoms with Crippen LogP contribution in [0, 0.1) is 0 Å². The molecule has 1 aliphatic heterocycles. The van der Waals surface area contributed by atoms with Crippen LogP contribution < -0.4 is 14.4 Å². The Balaban J connectivity index is 0.00000243. The van der Waals surface area contributed by atoms with E-state index in [1.807, 2.05) is 18.3 Å². The van der Waals surface area contributed by atoms with Gasteiger partial charge in [0.25, 0.3) is 0 Å². The van der Waals surface area contributed by atoms with Gasteiger partial charge >= 0.3 is 0 Å². The molecule has 0 N–H and O–H groups in total. The predicted molar refractivity (Wildman–Crippen MR) is 108 cm³/mol. The van der Waals surface area contributed by atoms with Gasteiger partial charge < -0.3 is 14.4 Å². The van der Waals surface area contributed by atoms with Crippen molar-refractivity contribution in [2.75, 3.05) is 45.3 Å². The molecule has 1 unspecified atom stereocenters. The first-order valence-corrected chi connectivity index (χ1v) is 8.82. The molecule has 1 aromatic heterocycles. The number of ether oxygens (including phenoxy) is 2. The number of pyridine rings is 1. The number of rotatable bonds is 6. The number of halogens is 1. The first kappa shape index (κ1) is 20.3. The molecular formula is C20H28ClN3O2. The van der Waals surface area contributed by atoms with Gasteiger partial charge in [-0.15, -0.1) is 12.4 Å². The number of hydrogen-bond acceptors (Lipinski definition) is 5. The van der Waals surface area contributed by atoms with Crippen LogP contribution in [0.5, 0.6) is 11.5 Å². The summed E-state index contributed by atoms with van der Waals surface area (Å²) < 4.78 is 10.7. The molecule has 6 heteroatoms. The van der Waals surface area contributed by atoms with Crippen molar-refractivity contribution in [2.24, 2.45) is 0 Å². The normalized spacial score (nSPS) is 17.5. The van der Waals surface area contributed by atoms with Crippen molar-refractivity contribution in [1.82, 2.24) is 9.88 Å². The molecule has 0 aliphatic carbocycles. The summed E-state index contributed by atoms with van der Waals surface area (Å²) in [6, 6.07) is 12.8. The molecule has 1 aromatic carbocycles. The van der Waals surface area contributed by atoms with Gasteiger partial charge in [0.2, 0.25) is 0 Å². The van der Waals surface area contributed by atoms with Gasteiger partial charge in [-0.3, -0.25) is 4.90 Å². The average Bonchev–Trinajstić information content (AvgIpc) is 2.66. The zero-order valence-electron chi connectivity index (χ0n) is 15.7. The monoisotopic (exact) mass is 377 g/mol. The molecule has 1 aliphatic rings. The van der Waals surface area contributed by atoms with E-state index in [0.29, 0.717) is 6.04 Å². The third kappa shape index (κ3) is 4.80. The molecule has 1 fully saturated rings. The van der Waals surface area contributed by atoms with Crippen molar-refractivity contribution in [3.8, 4) is 11.5 Å². The maximum absolute atomic E-state index is 5.40. The molecule has 0 bridgehead atoms. The van der Waals surface area contributed by atoms with Gasteiger partial charge in [0.1, 0.15) is 5.82 Å². The minimum atomic E-state index is 0. The summed E-state index contributed by atoms with van der Waals surface area (Å²) in [5, 5.41) is 0. The average molecular weight is 378 g/mol. The minimum absolute atomic E-state index is 0. The van der Waals surface area contributed by atoms with Crippen LogP contribution in [0.1, 0.15) is 12.5 Å². The first-order valence-electron chi connectivity index (χ1n) is 8.82. The Hall–Kier alpha value is -1.98. The number of anilines is 1. The largest absolute Gasteiger partial charge is 0.493 e. The quantitative estimate of drug-likeness (QED) is 0.772. The maximum Gasteiger partial charge on any atom is 0.160 e. The zero-order valence-corrected chi connectivity index (χ0v) is 16.5. The predicted octanol–water partition coefficient (Wildman–Crippen LogP) is 3.27. The van der Waals surface area contributed by atoms with Gasteiger partial charge in [-0.25, -0.2) is 4.98 Å². The van der Waals surface area contributed by atoms with E-state index in [2.05, 4.69) is 46.0 Å². The highest BCUT2D eigenvalue weighted by Crippen LogP contribution is 2.28. The van der Waals surface area contributed by atoms with Gasteiger partial charge in [0.05, 0.1) is 14.2 Å². The van der Waals surface area contributed by atoms with E-state index < -0.39 is 0 Å². The van der Waals surface area contributed by atoms with Crippen molar-refractivity contribution < 1.29 is 9.47 Å². The van der Waals surface area contributed by atoms with Gasteiger partial charge in [-0.1, -0.05) is 12.1 Å². The Bertz CT molecular complexity index is 684. The lowest BCUT2D eigenvalue weighted by Crippen LogP contribution is -2.52. The number of benzene rings is 1. The fourth-order valence-electron chi connectivity index (χ4n) is 3.42. The Morgan fingerprint density at radius 3 is 2.54 bits per heavy atom. The van der Waals surface area contributed by atoms with Crippen LogP contribution in [0.4, 0.5) is 5.82 Å². The Morgan fingerprint density at radius 1 is 1.08 bits per heavy atom. The molecule has 142 valence electrons. The molecule has 1 atom stereocenters.